The van der Waals surface area contributed by atoms with E-state index in [4.69, 9.17) is 5.73 Å². The van der Waals surface area contributed by atoms with Crippen LogP contribution in [0.2, 0.25) is 0 Å². The summed E-state index contributed by atoms with van der Waals surface area (Å²) < 4.78 is 27.6. The van der Waals surface area contributed by atoms with E-state index in [0.717, 1.165) is 24.1 Å². The number of nitrogens with zero attached hydrogens (tertiary/aromatic N) is 2. The molecule has 2 N–H and O–H groups in total. The van der Waals surface area contributed by atoms with Crippen molar-refractivity contribution < 1.29 is 13.2 Å². The number of halogens is 1. The second kappa shape index (κ2) is 8.56. The molecule has 3 atom stereocenters. The maximum Gasteiger partial charge on any atom is 0.252 e. The molecule has 2 aliphatic rings. The van der Waals surface area contributed by atoms with Gasteiger partial charge >= 0.3 is 0 Å². The van der Waals surface area contributed by atoms with E-state index in [1.54, 1.807) is 6.07 Å². The van der Waals surface area contributed by atoms with Gasteiger partial charge in [-0.15, -0.1) is 23.7 Å². The van der Waals surface area contributed by atoms with Gasteiger partial charge in [-0.3, -0.25) is 4.79 Å². The number of rotatable bonds is 4. The van der Waals surface area contributed by atoms with Crippen LogP contribution in [0, 0.1) is 18.8 Å². The number of carbonyl (C=O) groups excluding carboxylic acids is 1. The van der Waals surface area contributed by atoms with Crippen molar-refractivity contribution in [3.63, 3.8) is 0 Å². The van der Waals surface area contributed by atoms with Crippen molar-refractivity contribution >= 4 is 39.7 Å². The minimum atomic E-state index is -3.50. The van der Waals surface area contributed by atoms with Gasteiger partial charge in [-0.05, 0) is 57.7 Å². The molecule has 6 nitrogen and oxygen atoms in total. The molecule has 1 aromatic heterocycles. The van der Waals surface area contributed by atoms with Crippen LogP contribution in [0.3, 0.4) is 0 Å². The summed E-state index contributed by atoms with van der Waals surface area (Å²) in [5, 5.41) is 0. The highest BCUT2D eigenvalue weighted by Crippen LogP contribution is 2.31. The standard InChI is InChI=1S/C17H27N3O3S2.ClH/c1-12-8-14(9-18)10-20(12)17(21)15-4-3-7-19(11-15)25(22,23)16-6-5-13(2)24-16;/h5-6,12,14-15H,3-4,7-11,18H2,1-2H3;1H. The Hall–Kier alpha value is -0.670. The first kappa shape index (κ1) is 21.6. The first-order valence-electron chi connectivity index (χ1n) is 8.90. The topological polar surface area (TPSA) is 83.7 Å². The molecule has 2 fully saturated rings. The Morgan fingerprint density at radius 3 is 2.65 bits per heavy atom. The molecule has 0 radical (unpaired) electrons. The van der Waals surface area contributed by atoms with Gasteiger partial charge in [-0.25, -0.2) is 8.42 Å². The van der Waals surface area contributed by atoms with Crippen molar-refractivity contribution in [3.8, 4) is 0 Å². The van der Waals surface area contributed by atoms with Crippen molar-refractivity contribution in [2.75, 3.05) is 26.2 Å². The number of hydrogen-bond donors (Lipinski definition) is 1. The Bertz CT molecular complexity index is 737. The third kappa shape index (κ3) is 4.25. The molecule has 1 aromatic rings. The van der Waals surface area contributed by atoms with Crippen molar-refractivity contribution in [1.29, 1.82) is 0 Å². The number of sulfonamides is 1. The zero-order chi connectivity index (χ0) is 18.2. The van der Waals surface area contributed by atoms with Crippen LogP contribution in [0.5, 0.6) is 0 Å². The monoisotopic (exact) mass is 421 g/mol. The molecule has 0 saturated carbocycles. The van der Waals surface area contributed by atoms with Crippen molar-refractivity contribution in [3.05, 3.63) is 17.0 Å². The highest BCUT2D eigenvalue weighted by molar-refractivity contribution is 7.91. The summed E-state index contributed by atoms with van der Waals surface area (Å²) in [5.74, 6) is 0.200. The predicted octanol–water partition coefficient (Wildman–Crippen LogP) is 2.07. The van der Waals surface area contributed by atoms with Gasteiger partial charge in [0.2, 0.25) is 5.91 Å². The van der Waals surface area contributed by atoms with E-state index in [1.165, 1.54) is 15.6 Å². The third-order valence-corrected chi connectivity index (χ3v) is 8.65. The van der Waals surface area contributed by atoms with Crippen LogP contribution in [0.25, 0.3) is 0 Å². The van der Waals surface area contributed by atoms with Gasteiger partial charge in [0, 0.05) is 30.6 Å². The normalized spacial score (nSPS) is 27.3. The minimum Gasteiger partial charge on any atom is -0.339 e. The molecular formula is C17H28ClN3O3S2. The molecule has 0 spiro atoms. The van der Waals surface area contributed by atoms with Crippen LogP contribution < -0.4 is 5.73 Å². The van der Waals surface area contributed by atoms with Crippen molar-refractivity contribution in [2.45, 2.75) is 43.4 Å². The van der Waals surface area contributed by atoms with Gasteiger partial charge in [0.1, 0.15) is 4.21 Å². The van der Waals surface area contributed by atoms with E-state index in [0.29, 0.717) is 29.8 Å². The van der Waals surface area contributed by atoms with Crippen LogP contribution in [0.15, 0.2) is 16.3 Å². The summed E-state index contributed by atoms with van der Waals surface area (Å²) in [6.07, 6.45) is 2.42. The number of carbonyl (C=O) groups is 1. The molecule has 2 aliphatic heterocycles. The number of nitrogens with two attached hydrogens (primary N) is 1. The third-order valence-electron chi connectivity index (χ3n) is 5.32. The summed E-state index contributed by atoms with van der Waals surface area (Å²) in [6.45, 7) is 6.02. The molecule has 0 aliphatic carbocycles. The molecule has 2 saturated heterocycles. The van der Waals surface area contributed by atoms with Gasteiger partial charge in [0.15, 0.2) is 0 Å². The second-order valence-electron chi connectivity index (χ2n) is 7.24. The molecular weight excluding hydrogens is 394 g/mol. The molecule has 3 rings (SSSR count). The van der Waals surface area contributed by atoms with Crippen LogP contribution in [-0.4, -0.2) is 55.8 Å². The summed E-state index contributed by atoms with van der Waals surface area (Å²) in [6, 6.07) is 3.67. The molecule has 9 heteroatoms. The number of hydrogen-bond acceptors (Lipinski definition) is 5. The second-order valence-corrected chi connectivity index (χ2v) is 10.7. The van der Waals surface area contributed by atoms with Gasteiger partial charge in [0.05, 0.1) is 5.92 Å². The van der Waals surface area contributed by atoms with E-state index in [-0.39, 0.29) is 36.8 Å². The summed E-state index contributed by atoms with van der Waals surface area (Å²) in [5.41, 5.74) is 5.76. The highest BCUT2D eigenvalue weighted by Gasteiger charge is 2.39. The summed E-state index contributed by atoms with van der Waals surface area (Å²) in [7, 11) is -3.50. The maximum absolute atomic E-state index is 13.0. The highest BCUT2D eigenvalue weighted by atomic mass is 35.5. The van der Waals surface area contributed by atoms with Crippen LogP contribution in [0.1, 0.15) is 31.1 Å². The van der Waals surface area contributed by atoms with E-state index in [1.807, 2.05) is 17.9 Å². The molecule has 3 unspecified atom stereocenters. The van der Waals surface area contributed by atoms with E-state index < -0.39 is 10.0 Å². The van der Waals surface area contributed by atoms with Crippen LogP contribution in [0.4, 0.5) is 0 Å². The lowest BCUT2D eigenvalue weighted by atomic mass is 9.98. The number of amides is 1. The molecule has 148 valence electrons. The van der Waals surface area contributed by atoms with E-state index in [2.05, 4.69) is 6.92 Å². The van der Waals surface area contributed by atoms with Crippen molar-refractivity contribution in [1.82, 2.24) is 9.21 Å². The number of aryl methyl sites for hydroxylation is 1. The lowest BCUT2D eigenvalue weighted by Crippen LogP contribution is -2.47. The van der Waals surface area contributed by atoms with Crippen LogP contribution >= 0.6 is 23.7 Å². The molecule has 0 aromatic carbocycles. The number of likely N-dealkylation sites (tertiary alicyclic amines) is 1. The van der Waals surface area contributed by atoms with Crippen molar-refractivity contribution in [2.24, 2.45) is 17.6 Å². The number of piperidine rings is 1. The fourth-order valence-electron chi connectivity index (χ4n) is 3.90. The average Bonchev–Trinajstić information content (AvgIpc) is 3.20. The van der Waals surface area contributed by atoms with E-state index >= 15 is 0 Å². The Kier molecular flexibility index (Phi) is 7.12. The first-order valence-corrected chi connectivity index (χ1v) is 11.2. The quantitative estimate of drug-likeness (QED) is 0.806. The summed E-state index contributed by atoms with van der Waals surface area (Å²) >= 11 is 1.29. The molecule has 0 bridgehead atoms. The predicted molar refractivity (Wildman–Crippen MR) is 106 cm³/mol. The zero-order valence-corrected chi connectivity index (χ0v) is 17.7. The van der Waals surface area contributed by atoms with Gasteiger partial charge < -0.3 is 10.6 Å². The fourth-order valence-corrected chi connectivity index (χ4v) is 6.86. The molecule has 26 heavy (non-hydrogen) atoms. The lowest BCUT2D eigenvalue weighted by Gasteiger charge is -2.34. The Morgan fingerprint density at radius 1 is 1.35 bits per heavy atom. The molecule has 1 amide bonds. The summed E-state index contributed by atoms with van der Waals surface area (Å²) in [4.78, 5) is 15.8. The van der Waals surface area contributed by atoms with Gasteiger partial charge in [0.25, 0.3) is 10.0 Å². The average molecular weight is 422 g/mol. The minimum absolute atomic E-state index is 0. The first-order chi connectivity index (χ1) is 11.8. The molecule has 3 heterocycles. The fraction of sp³-hybridized carbons (Fsp3) is 0.706. The Labute approximate surface area is 166 Å². The number of thiophene rings is 1. The van der Waals surface area contributed by atoms with Gasteiger partial charge in [-0.1, -0.05) is 0 Å². The van der Waals surface area contributed by atoms with Crippen LogP contribution in [-0.2, 0) is 14.8 Å². The van der Waals surface area contributed by atoms with Gasteiger partial charge in [-0.2, -0.15) is 4.31 Å². The smallest absolute Gasteiger partial charge is 0.252 e. The maximum atomic E-state index is 13.0. The zero-order valence-electron chi connectivity index (χ0n) is 15.3. The van der Waals surface area contributed by atoms with E-state index in [9.17, 15) is 13.2 Å². The SMILES string of the molecule is Cc1ccc(S(=O)(=O)N2CCCC(C(=O)N3CC(CN)CC3C)C2)s1.Cl. The largest absolute Gasteiger partial charge is 0.339 e. The lowest BCUT2D eigenvalue weighted by molar-refractivity contribution is -0.137. The Morgan fingerprint density at radius 2 is 2.08 bits per heavy atom. The Balaban J connectivity index is 0.00000243.